The van der Waals surface area contributed by atoms with E-state index in [0.717, 1.165) is 0 Å². The molecule has 0 bridgehead atoms. The maximum Gasteiger partial charge on any atom is 0.417 e. The number of allylic oxidation sites excluding steroid dienone is 1. The van der Waals surface area contributed by atoms with Crippen LogP contribution in [0.4, 0.5) is 39.5 Å². The predicted octanol–water partition coefficient (Wildman–Crippen LogP) is 3.40. The highest BCUT2D eigenvalue weighted by Gasteiger charge is 2.41. The smallest absolute Gasteiger partial charge is 0.417 e. The van der Waals surface area contributed by atoms with E-state index < -0.39 is 71.0 Å². The minimum atomic E-state index is -5.59. The molecule has 0 saturated carbocycles. The zero-order valence-electron chi connectivity index (χ0n) is 10.5. The first kappa shape index (κ1) is 18.8. The Hall–Kier alpha value is -2.20. The summed E-state index contributed by atoms with van der Waals surface area (Å²) in [6.45, 7) is 0. The monoisotopic (exact) mass is 351 g/mol. The van der Waals surface area contributed by atoms with Crippen molar-refractivity contribution in [2.45, 2.75) is 18.8 Å². The second-order valence-electron chi connectivity index (χ2n) is 4.08. The Morgan fingerprint density at radius 3 is 1.70 bits per heavy atom. The average Bonchev–Trinajstić information content (AvgIpc) is 2.35. The first-order valence-electron chi connectivity index (χ1n) is 5.44. The molecule has 0 N–H and O–H groups in total. The minimum absolute atomic E-state index is 0.400. The van der Waals surface area contributed by atoms with Crippen molar-refractivity contribution in [3.05, 3.63) is 40.7 Å². The van der Waals surface area contributed by atoms with E-state index in [-0.39, 0.29) is 0 Å². The fraction of sp³-hybridized carbons (Fsp3) is 0.250. The van der Waals surface area contributed by atoms with Gasteiger partial charge in [0.15, 0.2) is 0 Å². The van der Waals surface area contributed by atoms with E-state index in [9.17, 15) is 49.4 Å². The van der Waals surface area contributed by atoms with Gasteiger partial charge in [-0.05, 0) is 23.8 Å². The third kappa shape index (κ3) is 4.39. The van der Waals surface area contributed by atoms with Gasteiger partial charge in [-0.2, -0.15) is 26.3 Å². The number of benzene rings is 1. The van der Waals surface area contributed by atoms with Crippen LogP contribution < -0.4 is 5.11 Å². The summed E-state index contributed by atoms with van der Waals surface area (Å²) in [5.41, 5.74) is -6.78. The molecule has 1 rings (SSSR count). The second-order valence-corrected chi connectivity index (χ2v) is 4.08. The predicted molar refractivity (Wildman–Crippen MR) is 55.4 cm³/mol. The molecule has 0 atom stereocenters. The molecule has 0 spiro atoms. The molecule has 0 aliphatic heterocycles. The quantitative estimate of drug-likeness (QED) is 0.476. The van der Waals surface area contributed by atoms with Crippen molar-refractivity contribution >= 4 is 11.5 Å². The zero-order valence-corrected chi connectivity index (χ0v) is 10.5. The normalized spacial score (nSPS) is 13.6. The van der Waals surface area contributed by atoms with E-state index in [4.69, 9.17) is 0 Å². The van der Waals surface area contributed by atoms with Crippen molar-refractivity contribution in [1.29, 1.82) is 0 Å². The third-order valence-corrected chi connectivity index (χ3v) is 2.45. The standard InChI is InChI=1S/C12H5F9O2/c13-4-1-5(11(16,17)18)9(6(2-4)12(19,20)21)7(22)3-8(23)10(14)15/h1-3,10,22H/p-1/b7-3-. The molecule has 0 unspecified atom stereocenters. The lowest BCUT2D eigenvalue weighted by Crippen LogP contribution is -2.21. The first-order valence-corrected chi connectivity index (χ1v) is 5.44. The van der Waals surface area contributed by atoms with Crippen LogP contribution in [0.3, 0.4) is 0 Å². The fourth-order valence-electron chi connectivity index (χ4n) is 1.58. The maximum atomic E-state index is 13.0. The summed E-state index contributed by atoms with van der Waals surface area (Å²) in [5, 5.41) is 11.5. The lowest BCUT2D eigenvalue weighted by molar-refractivity contribution is -0.245. The Morgan fingerprint density at radius 1 is 1.00 bits per heavy atom. The highest BCUT2D eigenvalue weighted by molar-refractivity contribution is 5.97. The lowest BCUT2D eigenvalue weighted by Gasteiger charge is -2.23. The minimum Gasteiger partial charge on any atom is -0.872 e. The van der Waals surface area contributed by atoms with Crippen LogP contribution in [0.5, 0.6) is 0 Å². The van der Waals surface area contributed by atoms with Crippen LogP contribution >= 0.6 is 0 Å². The summed E-state index contributed by atoms with van der Waals surface area (Å²) in [6.07, 6.45) is -15.6. The highest BCUT2D eigenvalue weighted by atomic mass is 19.4. The van der Waals surface area contributed by atoms with Crippen LogP contribution in [0.15, 0.2) is 18.2 Å². The molecule has 0 amide bonds. The van der Waals surface area contributed by atoms with Gasteiger partial charge in [0.25, 0.3) is 6.43 Å². The fourth-order valence-corrected chi connectivity index (χ4v) is 1.58. The Morgan fingerprint density at radius 2 is 1.39 bits per heavy atom. The van der Waals surface area contributed by atoms with E-state index in [1.54, 1.807) is 0 Å². The molecule has 1 aromatic carbocycles. The summed E-state index contributed by atoms with van der Waals surface area (Å²) in [4.78, 5) is 10.7. The largest absolute Gasteiger partial charge is 0.872 e. The van der Waals surface area contributed by atoms with Gasteiger partial charge in [0, 0.05) is 0 Å². The van der Waals surface area contributed by atoms with Gasteiger partial charge in [-0.1, -0.05) is 5.76 Å². The van der Waals surface area contributed by atoms with Crippen molar-refractivity contribution in [2.75, 3.05) is 0 Å². The molecule has 23 heavy (non-hydrogen) atoms. The SMILES string of the molecule is O=C(/C=C(\[O-])c1c(C(F)(F)F)cc(F)cc1C(F)(F)F)C(F)F. The summed E-state index contributed by atoms with van der Waals surface area (Å²) in [6, 6.07) is -0.799. The van der Waals surface area contributed by atoms with E-state index in [2.05, 4.69) is 0 Å². The molecule has 0 aliphatic rings. The van der Waals surface area contributed by atoms with Crippen LogP contribution in [0.25, 0.3) is 5.76 Å². The molecule has 2 nitrogen and oxygen atoms in total. The Balaban J connectivity index is 3.76. The number of halogens is 9. The van der Waals surface area contributed by atoms with Crippen LogP contribution in [0, 0.1) is 5.82 Å². The van der Waals surface area contributed by atoms with Crippen molar-refractivity contribution < 1.29 is 49.4 Å². The Labute approximate surface area is 121 Å². The molecule has 0 aliphatic carbocycles. The Kier molecular flexibility index (Phi) is 5.02. The summed E-state index contributed by atoms with van der Waals surface area (Å²) >= 11 is 0. The van der Waals surface area contributed by atoms with Crippen molar-refractivity contribution in [2.24, 2.45) is 0 Å². The molecular weight excluding hydrogens is 347 g/mol. The molecule has 0 saturated heterocycles. The van der Waals surface area contributed by atoms with Gasteiger partial charge in [-0.15, -0.1) is 0 Å². The van der Waals surface area contributed by atoms with Gasteiger partial charge in [0.05, 0.1) is 11.1 Å². The number of hydrogen-bond acceptors (Lipinski definition) is 2. The number of carbonyl (C=O) groups excluding carboxylic acids is 1. The van der Waals surface area contributed by atoms with Crippen molar-refractivity contribution in [1.82, 2.24) is 0 Å². The van der Waals surface area contributed by atoms with Gasteiger partial charge in [0.2, 0.25) is 5.78 Å². The highest BCUT2D eigenvalue weighted by Crippen LogP contribution is 2.41. The third-order valence-electron chi connectivity index (χ3n) is 2.45. The van der Waals surface area contributed by atoms with E-state index in [1.807, 2.05) is 0 Å². The molecule has 0 heterocycles. The summed E-state index contributed by atoms with van der Waals surface area (Å²) < 4.78 is 113. The van der Waals surface area contributed by atoms with E-state index >= 15 is 0 Å². The van der Waals surface area contributed by atoms with Gasteiger partial charge in [-0.3, -0.25) is 4.79 Å². The van der Waals surface area contributed by atoms with Gasteiger partial charge >= 0.3 is 12.4 Å². The van der Waals surface area contributed by atoms with Crippen LogP contribution in [-0.2, 0) is 17.1 Å². The summed E-state index contributed by atoms with van der Waals surface area (Å²) in [7, 11) is 0. The van der Waals surface area contributed by atoms with E-state index in [1.165, 1.54) is 0 Å². The zero-order chi connectivity index (χ0) is 18.2. The average molecular weight is 351 g/mol. The topological polar surface area (TPSA) is 40.1 Å². The van der Waals surface area contributed by atoms with Crippen LogP contribution in [0.2, 0.25) is 0 Å². The number of carbonyl (C=O) groups is 1. The molecular formula is C12H4F9O2-. The van der Waals surface area contributed by atoms with Gasteiger partial charge < -0.3 is 5.11 Å². The molecule has 128 valence electrons. The van der Waals surface area contributed by atoms with Crippen LogP contribution in [-0.4, -0.2) is 12.2 Å². The molecule has 0 aromatic heterocycles. The molecule has 0 radical (unpaired) electrons. The summed E-state index contributed by atoms with van der Waals surface area (Å²) in [5.74, 6) is -6.48. The maximum absolute atomic E-state index is 13.0. The van der Waals surface area contributed by atoms with Crippen LogP contribution in [0.1, 0.15) is 16.7 Å². The number of hydrogen-bond donors (Lipinski definition) is 0. The number of rotatable bonds is 3. The second kappa shape index (κ2) is 6.13. The number of ketones is 1. The van der Waals surface area contributed by atoms with E-state index in [0.29, 0.717) is 0 Å². The molecule has 0 fully saturated rings. The number of alkyl halides is 8. The Bertz CT molecular complexity index is 606. The van der Waals surface area contributed by atoms with Gasteiger partial charge in [-0.25, -0.2) is 13.2 Å². The van der Waals surface area contributed by atoms with Gasteiger partial charge in [0.1, 0.15) is 5.82 Å². The molecule has 11 heteroatoms. The first-order chi connectivity index (χ1) is 10.2. The van der Waals surface area contributed by atoms with Crippen molar-refractivity contribution in [3.8, 4) is 0 Å². The molecule has 1 aromatic rings. The lowest BCUT2D eigenvalue weighted by atomic mass is 9.97. The van der Waals surface area contributed by atoms with Crippen molar-refractivity contribution in [3.63, 3.8) is 0 Å².